The molecule has 0 spiro atoms. The summed E-state index contributed by atoms with van der Waals surface area (Å²) in [7, 11) is 0. The third-order valence-corrected chi connectivity index (χ3v) is 2.63. The van der Waals surface area contributed by atoms with Crippen molar-refractivity contribution in [2.24, 2.45) is 0 Å². The first-order chi connectivity index (χ1) is 9.12. The number of carbonyl (C=O) groups is 1. The van der Waals surface area contributed by atoms with Crippen LogP contribution in [0.15, 0.2) is 24.3 Å². The first-order valence-electron chi connectivity index (χ1n) is 5.60. The van der Waals surface area contributed by atoms with E-state index in [9.17, 15) is 28.1 Å². The van der Waals surface area contributed by atoms with E-state index >= 15 is 0 Å². The van der Waals surface area contributed by atoms with Crippen molar-refractivity contribution in [2.45, 2.75) is 32.2 Å². The summed E-state index contributed by atoms with van der Waals surface area (Å²) in [6.07, 6.45) is -5.73. The molecule has 0 aliphatic carbocycles. The highest BCUT2D eigenvalue weighted by atomic mass is 19.4. The van der Waals surface area contributed by atoms with Crippen molar-refractivity contribution in [3.63, 3.8) is 0 Å². The van der Waals surface area contributed by atoms with Gasteiger partial charge in [-0.15, -0.1) is 0 Å². The van der Waals surface area contributed by atoms with E-state index in [1.807, 2.05) is 0 Å². The summed E-state index contributed by atoms with van der Waals surface area (Å²) in [6, 6.07) is 2.44. The van der Waals surface area contributed by atoms with Crippen molar-refractivity contribution in [3.05, 3.63) is 45.5 Å². The maximum absolute atomic E-state index is 12.4. The molecule has 1 aromatic rings. The fourth-order valence-corrected chi connectivity index (χ4v) is 1.60. The Bertz CT molecular complexity index is 498. The van der Waals surface area contributed by atoms with Crippen LogP contribution in [-0.4, -0.2) is 16.9 Å². The van der Waals surface area contributed by atoms with E-state index in [0.29, 0.717) is 0 Å². The molecule has 1 aromatic carbocycles. The SMILES string of the molecule is CC(=O)O[C@@H](c1ccc(C(F)(F)F)cc1)[C@H](C)[N+](=O)[O-]. The average Bonchev–Trinajstić information content (AvgIpc) is 2.34. The zero-order chi connectivity index (χ0) is 15.5. The number of rotatable bonds is 4. The van der Waals surface area contributed by atoms with E-state index in [-0.39, 0.29) is 5.56 Å². The third kappa shape index (κ3) is 3.94. The van der Waals surface area contributed by atoms with Gasteiger partial charge in [0.05, 0.1) is 5.56 Å². The average molecular weight is 291 g/mol. The first-order valence-corrected chi connectivity index (χ1v) is 5.60. The van der Waals surface area contributed by atoms with Crippen LogP contribution in [0, 0.1) is 10.1 Å². The zero-order valence-electron chi connectivity index (χ0n) is 10.7. The fourth-order valence-electron chi connectivity index (χ4n) is 1.60. The normalized spacial score (nSPS) is 14.4. The predicted octanol–water partition coefficient (Wildman–Crippen LogP) is 2.97. The summed E-state index contributed by atoms with van der Waals surface area (Å²) in [5.74, 6) is -0.747. The smallest absolute Gasteiger partial charge is 0.416 e. The van der Waals surface area contributed by atoms with Crippen LogP contribution in [0.5, 0.6) is 0 Å². The summed E-state index contributed by atoms with van der Waals surface area (Å²) < 4.78 is 42.1. The molecule has 0 radical (unpaired) electrons. The van der Waals surface area contributed by atoms with Crippen LogP contribution in [0.4, 0.5) is 13.2 Å². The number of esters is 1. The van der Waals surface area contributed by atoms with Crippen molar-refractivity contribution in [1.82, 2.24) is 0 Å². The molecule has 5 nitrogen and oxygen atoms in total. The fraction of sp³-hybridized carbons (Fsp3) is 0.417. The molecule has 0 saturated heterocycles. The van der Waals surface area contributed by atoms with Crippen molar-refractivity contribution >= 4 is 5.97 Å². The van der Waals surface area contributed by atoms with Crippen LogP contribution >= 0.6 is 0 Å². The van der Waals surface area contributed by atoms with Gasteiger partial charge in [-0.25, -0.2) is 0 Å². The van der Waals surface area contributed by atoms with Gasteiger partial charge in [-0.3, -0.25) is 14.9 Å². The highest BCUT2D eigenvalue weighted by Crippen LogP contribution is 2.31. The number of benzene rings is 1. The van der Waals surface area contributed by atoms with Crippen LogP contribution < -0.4 is 0 Å². The molecule has 0 aliphatic rings. The van der Waals surface area contributed by atoms with Crippen molar-refractivity contribution in [3.8, 4) is 0 Å². The summed E-state index contributed by atoms with van der Waals surface area (Å²) in [6.45, 7) is 2.29. The number of ether oxygens (including phenoxy) is 1. The van der Waals surface area contributed by atoms with E-state index in [4.69, 9.17) is 4.74 Å². The lowest BCUT2D eigenvalue weighted by Gasteiger charge is -2.19. The molecule has 0 saturated carbocycles. The summed E-state index contributed by atoms with van der Waals surface area (Å²) in [5.41, 5.74) is -0.742. The third-order valence-electron chi connectivity index (χ3n) is 2.63. The van der Waals surface area contributed by atoms with Gasteiger partial charge in [0.2, 0.25) is 0 Å². The molecule has 0 heterocycles. The van der Waals surface area contributed by atoms with Crippen molar-refractivity contribution in [1.29, 1.82) is 0 Å². The van der Waals surface area contributed by atoms with Gasteiger partial charge in [0.15, 0.2) is 6.10 Å². The number of nitro groups is 1. The maximum atomic E-state index is 12.4. The Kier molecular flexibility index (Phi) is 4.69. The van der Waals surface area contributed by atoms with Gasteiger partial charge in [-0.1, -0.05) is 12.1 Å². The highest BCUT2D eigenvalue weighted by molar-refractivity contribution is 5.66. The van der Waals surface area contributed by atoms with Crippen LogP contribution in [0.3, 0.4) is 0 Å². The molecular weight excluding hydrogens is 279 g/mol. The van der Waals surface area contributed by atoms with Gasteiger partial charge in [0.25, 0.3) is 6.04 Å². The Balaban J connectivity index is 3.08. The summed E-state index contributed by atoms with van der Waals surface area (Å²) in [4.78, 5) is 21.1. The minimum atomic E-state index is -4.50. The molecule has 0 aliphatic heterocycles. The van der Waals surface area contributed by atoms with Gasteiger partial charge >= 0.3 is 12.1 Å². The van der Waals surface area contributed by atoms with Crippen molar-refractivity contribution in [2.75, 3.05) is 0 Å². The van der Waals surface area contributed by atoms with Crippen LogP contribution in [0.2, 0.25) is 0 Å². The molecule has 0 bridgehead atoms. The van der Waals surface area contributed by atoms with E-state index in [1.165, 1.54) is 6.92 Å². The summed E-state index contributed by atoms with van der Waals surface area (Å²) in [5, 5.41) is 10.8. The Morgan fingerprint density at radius 3 is 2.15 bits per heavy atom. The van der Waals surface area contributed by atoms with E-state index in [2.05, 4.69) is 0 Å². The van der Waals surface area contributed by atoms with E-state index in [0.717, 1.165) is 31.2 Å². The molecule has 110 valence electrons. The van der Waals surface area contributed by atoms with Gasteiger partial charge in [-0.2, -0.15) is 13.2 Å². The lowest BCUT2D eigenvalue weighted by molar-refractivity contribution is -0.530. The molecule has 1 rings (SSSR count). The molecule has 0 aromatic heterocycles. The second-order valence-electron chi connectivity index (χ2n) is 4.18. The number of carbonyl (C=O) groups excluding carboxylic acids is 1. The minimum absolute atomic E-state index is 0.136. The summed E-state index contributed by atoms with van der Waals surface area (Å²) >= 11 is 0. The predicted molar refractivity (Wildman–Crippen MR) is 62.4 cm³/mol. The first kappa shape index (κ1) is 15.9. The molecular formula is C12H12F3NO4. The Morgan fingerprint density at radius 2 is 1.80 bits per heavy atom. The second-order valence-corrected chi connectivity index (χ2v) is 4.18. The lowest BCUT2D eigenvalue weighted by Crippen LogP contribution is -2.27. The number of hydrogen-bond donors (Lipinski definition) is 0. The van der Waals surface area contributed by atoms with Crippen molar-refractivity contribution < 1.29 is 27.6 Å². The lowest BCUT2D eigenvalue weighted by atomic mass is 10.0. The molecule has 0 unspecified atom stereocenters. The molecule has 20 heavy (non-hydrogen) atoms. The maximum Gasteiger partial charge on any atom is 0.416 e. The molecule has 0 N–H and O–H groups in total. The molecule has 0 fully saturated rings. The van der Waals surface area contributed by atoms with Gasteiger partial charge in [0, 0.05) is 18.8 Å². The molecule has 0 amide bonds. The van der Waals surface area contributed by atoms with E-state index in [1.54, 1.807) is 0 Å². The van der Waals surface area contributed by atoms with Crippen LogP contribution in [0.1, 0.15) is 31.1 Å². The number of nitrogens with zero attached hydrogens (tertiary/aromatic N) is 1. The molecule has 2 atom stereocenters. The van der Waals surface area contributed by atoms with Gasteiger partial charge in [0.1, 0.15) is 0 Å². The number of alkyl halides is 3. The molecule has 8 heteroatoms. The monoisotopic (exact) mass is 291 g/mol. The Hall–Kier alpha value is -2.12. The second kappa shape index (κ2) is 5.89. The topological polar surface area (TPSA) is 69.4 Å². The van der Waals surface area contributed by atoms with E-state index < -0.39 is 34.8 Å². The van der Waals surface area contributed by atoms with Gasteiger partial charge < -0.3 is 4.74 Å². The largest absolute Gasteiger partial charge is 0.450 e. The van der Waals surface area contributed by atoms with Gasteiger partial charge in [-0.05, 0) is 17.7 Å². The Labute approximate surface area is 112 Å². The number of halogens is 3. The highest BCUT2D eigenvalue weighted by Gasteiger charge is 2.33. The Morgan fingerprint density at radius 1 is 1.30 bits per heavy atom. The quantitative estimate of drug-likeness (QED) is 0.486. The zero-order valence-corrected chi connectivity index (χ0v) is 10.7. The van der Waals surface area contributed by atoms with Crippen LogP contribution in [-0.2, 0) is 15.7 Å². The minimum Gasteiger partial charge on any atom is -0.450 e. The number of hydrogen-bond acceptors (Lipinski definition) is 4. The standard InChI is InChI=1S/C12H12F3NO4/c1-7(16(18)19)11(20-8(2)17)9-3-5-10(6-4-9)12(13,14)15/h3-7,11H,1-2H3/t7-,11+/m0/s1. The van der Waals surface area contributed by atoms with Crippen LogP contribution in [0.25, 0.3) is 0 Å².